The highest BCUT2D eigenvalue weighted by molar-refractivity contribution is 14.1. The highest BCUT2D eigenvalue weighted by Crippen LogP contribution is 2.24. The van der Waals surface area contributed by atoms with Crippen LogP contribution in [0.15, 0.2) is 30.3 Å². The molecule has 0 fully saturated rings. The first-order chi connectivity index (χ1) is 9.38. The minimum absolute atomic E-state index is 0.0580. The molecule has 104 valence electrons. The van der Waals surface area contributed by atoms with Gasteiger partial charge in [0.25, 0.3) is 5.91 Å². The van der Waals surface area contributed by atoms with E-state index in [4.69, 9.17) is 5.73 Å². The van der Waals surface area contributed by atoms with Crippen LogP contribution in [0.4, 0.5) is 20.2 Å². The molecule has 4 nitrogen and oxygen atoms in total. The number of nitrogens with two attached hydrogens (primary N) is 1. The fourth-order valence-electron chi connectivity index (χ4n) is 1.51. The van der Waals surface area contributed by atoms with Gasteiger partial charge in [-0.2, -0.15) is 0 Å². The quantitative estimate of drug-likeness (QED) is 0.545. The number of nitrogens with one attached hydrogen (secondary N) is 1. The number of carbonyl (C=O) groups excluding carboxylic acids is 1. The number of hydrogen-bond donors (Lipinski definition) is 3. The summed E-state index contributed by atoms with van der Waals surface area (Å²) in [7, 11) is 0. The first-order valence-corrected chi connectivity index (χ1v) is 6.50. The summed E-state index contributed by atoms with van der Waals surface area (Å²) in [6, 6.07) is 5.86. The molecule has 7 heteroatoms. The second-order valence-electron chi connectivity index (χ2n) is 3.97. The topological polar surface area (TPSA) is 75.3 Å². The van der Waals surface area contributed by atoms with Gasteiger partial charge in [0.05, 0.1) is 14.9 Å². The molecule has 0 atom stereocenters. The SMILES string of the molecule is Nc1cc(NC(=O)c2ccc(I)c(O)c2)c(F)cc1F. The van der Waals surface area contributed by atoms with Crippen LogP contribution >= 0.6 is 22.6 Å². The minimum atomic E-state index is -0.931. The summed E-state index contributed by atoms with van der Waals surface area (Å²) >= 11 is 1.90. The molecule has 0 bridgehead atoms. The van der Waals surface area contributed by atoms with Crippen molar-refractivity contribution in [2.24, 2.45) is 0 Å². The first kappa shape index (κ1) is 14.5. The summed E-state index contributed by atoms with van der Waals surface area (Å²) < 4.78 is 27.1. The predicted molar refractivity (Wildman–Crippen MR) is 79.5 cm³/mol. The van der Waals surface area contributed by atoms with E-state index in [0.29, 0.717) is 9.64 Å². The second-order valence-corrected chi connectivity index (χ2v) is 5.14. The van der Waals surface area contributed by atoms with Gasteiger partial charge in [0.2, 0.25) is 0 Å². The van der Waals surface area contributed by atoms with Crippen molar-refractivity contribution in [3.63, 3.8) is 0 Å². The van der Waals surface area contributed by atoms with Crippen LogP contribution in [0.3, 0.4) is 0 Å². The van der Waals surface area contributed by atoms with E-state index in [-0.39, 0.29) is 22.7 Å². The van der Waals surface area contributed by atoms with Crippen molar-refractivity contribution in [1.82, 2.24) is 0 Å². The van der Waals surface area contributed by atoms with Crippen LogP contribution in [-0.4, -0.2) is 11.0 Å². The van der Waals surface area contributed by atoms with Crippen molar-refractivity contribution >= 4 is 39.9 Å². The Balaban J connectivity index is 2.27. The van der Waals surface area contributed by atoms with E-state index in [0.717, 1.165) is 6.07 Å². The number of halogens is 3. The summed E-state index contributed by atoms with van der Waals surface area (Å²) in [5, 5.41) is 11.8. The Morgan fingerprint density at radius 1 is 1.20 bits per heavy atom. The number of benzene rings is 2. The van der Waals surface area contributed by atoms with Gasteiger partial charge in [-0.1, -0.05) is 0 Å². The van der Waals surface area contributed by atoms with E-state index in [2.05, 4.69) is 5.32 Å². The van der Waals surface area contributed by atoms with E-state index in [1.807, 2.05) is 22.6 Å². The zero-order valence-electron chi connectivity index (χ0n) is 9.95. The zero-order valence-corrected chi connectivity index (χ0v) is 12.1. The summed E-state index contributed by atoms with van der Waals surface area (Å²) in [6.07, 6.45) is 0. The largest absolute Gasteiger partial charge is 0.507 e. The zero-order chi connectivity index (χ0) is 14.9. The molecule has 0 aromatic heterocycles. The third kappa shape index (κ3) is 2.98. The van der Waals surface area contributed by atoms with E-state index in [1.165, 1.54) is 12.1 Å². The maximum Gasteiger partial charge on any atom is 0.255 e. The van der Waals surface area contributed by atoms with Gasteiger partial charge in [0, 0.05) is 11.6 Å². The van der Waals surface area contributed by atoms with Crippen LogP contribution in [0.1, 0.15) is 10.4 Å². The molecule has 0 radical (unpaired) electrons. The molecule has 0 spiro atoms. The number of aromatic hydroxyl groups is 1. The summed E-state index contributed by atoms with van der Waals surface area (Å²) in [5.41, 5.74) is 4.96. The van der Waals surface area contributed by atoms with Gasteiger partial charge in [-0.3, -0.25) is 4.79 Å². The average Bonchev–Trinajstić information content (AvgIpc) is 2.39. The molecule has 0 heterocycles. The van der Waals surface area contributed by atoms with Crippen LogP contribution in [0.5, 0.6) is 5.75 Å². The molecule has 2 aromatic rings. The Kier molecular flexibility index (Phi) is 4.07. The van der Waals surface area contributed by atoms with Crippen LogP contribution in [0.2, 0.25) is 0 Å². The molecule has 4 N–H and O–H groups in total. The molecule has 0 aliphatic heterocycles. The Labute approximate surface area is 126 Å². The number of carbonyl (C=O) groups is 1. The number of amides is 1. The highest BCUT2D eigenvalue weighted by Gasteiger charge is 2.13. The highest BCUT2D eigenvalue weighted by atomic mass is 127. The predicted octanol–water partition coefficient (Wildman–Crippen LogP) is 3.11. The Hall–Kier alpha value is -1.90. The summed E-state index contributed by atoms with van der Waals surface area (Å²) in [6.45, 7) is 0. The molecule has 20 heavy (non-hydrogen) atoms. The molecule has 0 unspecified atom stereocenters. The molecule has 2 aromatic carbocycles. The fourth-order valence-corrected chi connectivity index (χ4v) is 1.85. The fraction of sp³-hybridized carbons (Fsp3) is 0. The lowest BCUT2D eigenvalue weighted by Gasteiger charge is -2.08. The number of nitrogen functional groups attached to an aromatic ring is 1. The lowest BCUT2D eigenvalue weighted by atomic mass is 10.2. The van der Waals surface area contributed by atoms with Crippen LogP contribution in [0.25, 0.3) is 0 Å². The lowest BCUT2D eigenvalue weighted by Crippen LogP contribution is -2.13. The second kappa shape index (κ2) is 5.61. The Morgan fingerprint density at radius 2 is 1.90 bits per heavy atom. The number of hydrogen-bond acceptors (Lipinski definition) is 3. The molecular formula is C13H9F2IN2O2. The monoisotopic (exact) mass is 390 g/mol. The third-order valence-corrected chi connectivity index (χ3v) is 3.46. The van der Waals surface area contributed by atoms with Crippen LogP contribution in [0, 0.1) is 15.2 Å². The number of phenols is 1. The maximum atomic E-state index is 13.5. The standard InChI is InChI=1S/C13H9F2IN2O2/c14-7-4-8(15)11(5-10(7)17)18-13(20)6-1-2-9(16)12(19)3-6/h1-5,19H,17H2,(H,18,20). The number of rotatable bonds is 2. The molecule has 0 saturated heterocycles. The van der Waals surface area contributed by atoms with E-state index < -0.39 is 17.5 Å². The van der Waals surface area contributed by atoms with Gasteiger partial charge in [-0.05, 0) is 46.9 Å². The minimum Gasteiger partial charge on any atom is -0.507 e. The van der Waals surface area contributed by atoms with Crippen molar-refractivity contribution in [3.8, 4) is 5.75 Å². The summed E-state index contributed by atoms with van der Waals surface area (Å²) in [4.78, 5) is 11.9. The van der Waals surface area contributed by atoms with E-state index in [1.54, 1.807) is 6.07 Å². The van der Waals surface area contributed by atoms with Gasteiger partial charge in [-0.25, -0.2) is 8.78 Å². The molecule has 0 aliphatic rings. The van der Waals surface area contributed by atoms with E-state index in [9.17, 15) is 18.7 Å². The first-order valence-electron chi connectivity index (χ1n) is 5.43. The van der Waals surface area contributed by atoms with Crippen molar-refractivity contribution in [2.45, 2.75) is 0 Å². The molecule has 1 amide bonds. The van der Waals surface area contributed by atoms with Crippen LogP contribution < -0.4 is 11.1 Å². The van der Waals surface area contributed by atoms with Gasteiger partial charge < -0.3 is 16.2 Å². The van der Waals surface area contributed by atoms with Gasteiger partial charge in [0.1, 0.15) is 17.4 Å². The van der Waals surface area contributed by atoms with Crippen molar-refractivity contribution in [3.05, 3.63) is 51.1 Å². The van der Waals surface area contributed by atoms with Crippen molar-refractivity contribution in [2.75, 3.05) is 11.1 Å². The molecule has 2 rings (SSSR count). The summed E-state index contributed by atoms with van der Waals surface area (Å²) in [5.74, 6) is -2.52. The maximum absolute atomic E-state index is 13.5. The van der Waals surface area contributed by atoms with Crippen molar-refractivity contribution < 1.29 is 18.7 Å². The van der Waals surface area contributed by atoms with Gasteiger partial charge >= 0.3 is 0 Å². The van der Waals surface area contributed by atoms with Crippen LogP contribution in [-0.2, 0) is 0 Å². The van der Waals surface area contributed by atoms with E-state index >= 15 is 0 Å². The Bertz CT molecular complexity index is 692. The molecule has 0 saturated carbocycles. The molecule has 0 aliphatic carbocycles. The van der Waals surface area contributed by atoms with Gasteiger partial charge in [0.15, 0.2) is 0 Å². The number of anilines is 2. The van der Waals surface area contributed by atoms with Gasteiger partial charge in [-0.15, -0.1) is 0 Å². The Morgan fingerprint density at radius 3 is 2.55 bits per heavy atom. The normalized spacial score (nSPS) is 10.3. The molecular weight excluding hydrogens is 381 g/mol. The third-order valence-electron chi connectivity index (χ3n) is 2.54. The average molecular weight is 390 g/mol. The smallest absolute Gasteiger partial charge is 0.255 e. The van der Waals surface area contributed by atoms with Crippen molar-refractivity contribution in [1.29, 1.82) is 0 Å². The number of phenolic OH excluding ortho intramolecular Hbond substituents is 1. The lowest BCUT2D eigenvalue weighted by molar-refractivity contribution is 0.102.